The van der Waals surface area contributed by atoms with Crippen LogP contribution in [0.1, 0.15) is 32.7 Å². The zero-order chi connectivity index (χ0) is 20.3. The van der Waals surface area contributed by atoms with Crippen LogP contribution in [0.15, 0.2) is 48.5 Å². The van der Waals surface area contributed by atoms with Gasteiger partial charge in [0, 0.05) is 26.2 Å². The highest BCUT2D eigenvalue weighted by molar-refractivity contribution is 6.33. The molecule has 4 nitrogen and oxygen atoms in total. The quantitative estimate of drug-likeness (QED) is 0.738. The lowest BCUT2D eigenvalue weighted by Gasteiger charge is -2.23. The molecule has 8 heteroatoms. The molecule has 148 valence electrons. The van der Waals surface area contributed by atoms with E-state index in [2.05, 4.69) is 0 Å². The van der Waals surface area contributed by atoms with Crippen LogP contribution in [0.5, 0.6) is 0 Å². The van der Waals surface area contributed by atoms with Crippen LogP contribution in [-0.4, -0.2) is 47.8 Å². The van der Waals surface area contributed by atoms with Crippen LogP contribution in [0.2, 0.25) is 5.02 Å². The number of carbonyl (C=O) groups excluding carboxylic acids is 2. The molecule has 0 atom stereocenters. The Morgan fingerprint density at radius 3 is 1.86 bits per heavy atom. The second-order valence-electron chi connectivity index (χ2n) is 6.46. The standard InChI is InChI=1S/C20H18ClF3N2O2/c21-17-9-4-2-7-15(17)19(28)26-11-5-10-25(12-13-26)18(27)14-6-1-3-8-16(14)20(22,23)24/h1-4,6-9H,5,10-13H2. The number of rotatable bonds is 2. The van der Waals surface area contributed by atoms with Gasteiger partial charge >= 0.3 is 6.18 Å². The molecule has 0 spiro atoms. The first-order valence-corrected chi connectivity index (χ1v) is 9.16. The lowest BCUT2D eigenvalue weighted by molar-refractivity contribution is -0.138. The molecule has 3 rings (SSSR count). The summed E-state index contributed by atoms with van der Waals surface area (Å²) in [5.41, 5.74) is -0.958. The van der Waals surface area contributed by atoms with Crippen molar-refractivity contribution in [2.24, 2.45) is 0 Å². The van der Waals surface area contributed by atoms with E-state index in [1.807, 2.05) is 0 Å². The largest absolute Gasteiger partial charge is 0.417 e. The third-order valence-corrected chi connectivity index (χ3v) is 4.97. The summed E-state index contributed by atoms with van der Waals surface area (Å²) in [5.74, 6) is -0.935. The van der Waals surface area contributed by atoms with Crippen molar-refractivity contribution >= 4 is 23.4 Å². The summed E-state index contributed by atoms with van der Waals surface area (Å²) in [6.07, 6.45) is -4.14. The van der Waals surface area contributed by atoms with E-state index in [0.29, 0.717) is 23.6 Å². The Bertz CT molecular complexity index is 886. The first-order valence-electron chi connectivity index (χ1n) is 8.78. The van der Waals surface area contributed by atoms with Crippen molar-refractivity contribution in [2.45, 2.75) is 12.6 Å². The van der Waals surface area contributed by atoms with Crippen LogP contribution in [0.4, 0.5) is 13.2 Å². The Morgan fingerprint density at radius 1 is 0.786 bits per heavy atom. The average molecular weight is 411 g/mol. The Hall–Kier alpha value is -2.54. The summed E-state index contributed by atoms with van der Waals surface area (Å²) < 4.78 is 39.6. The van der Waals surface area contributed by atoms with Gasteiger partial charge in [0.2, 0.25) is 0 Å². The molecule has 0 aliphatic carbocycles. The summed E-state index contributed by atoms with van der Waals surface area (Å²) in [7, 11) is 0. The Kier molecular flexibility index (Phi) is 5.93. The number of carbonyl (C=O) groups is 2. The zero-order valence-electron chi connectivity index (χ0n) is 14.9. The van der Waals surface area contributed by atoms with Gasteiger partial charge < -0.3 is 9.80 Å². The molecular formula is C20H18ClF3N2O2. The number of hydrogen-bond acceptors (Lipinski definition) is 2. The van der Waals surface area contributed by atoms with Gasteiger partial charge in [-0.2, -0.15) is 13.2 Å². The predicted molar refractivity (Wildman–Crippen MR) is 99.3 cm³/mol. The molecule has 0 radical (unpaired) electrons. The molecule has 2 amide bonds. The normalized spacial score (nSPS) is 15.3. The molecule has 0 N–H and O–H groups in total. The number of halogens is 4. The maximum Gasteiger partial charge on any atom is 0.417 e. The van der Waals surface area contributed by atoms with Crippen LogP contribution in [0, 0.1) is 0 Å². The fourth-order valence-corrected chi connectivity index (χ4v) is 3.43. The van der Waals surface area contributed by atoms with Gasteiger partial charge in [-0.05, 0) is 30.7 Å². The monoisotopic (exact) mass is 410 g/mol. The SMILES string of the molecule is O=C(c1ccccc1Cl)N1CCCN(C(=O)c2ccccc2C(F)(F)F)CC1. The molecular weight excluding hydrogens is 393 g/mol. The van der Waals surface area contributed by atoms with Crippen molar-refractivity contribution in [1.29, 1.82) is 0 Å². The van der Waals surface area contributed by atoms with E-state index in [1.54, 1.807) is 29.2 Å². The minimum absolute atomic E-state index is 0.154. The molecule has 1 fully saturated rings. The molecule has 0 saturated carbocycles. The summed E-state index contributed by atoms with van der Waals surface area (Å²) in [5, 5.41) is 0.337. The topological polar surface area (TPSA) is 40.6 Å². The number of hydrogen-bond donors (Lipinski definition) is 0. The molecule has 0 aromatic heterocycles. The summed E-state index contributed by atoms with van der Waals surface area (Å²) in [6, 6.07) is 11.4. The number of amides is 2. The van der Waals surface area contributed by atoms with E-state index in [-0.39, 0.29) is 31.1 Å². The van der Waals surface area contributed by atoms with Gasteiger partial charge in [0.25, 0.3) is 11.8 Å². The molecule has 2 aromatic rings. The minimum atomic E-state index is -4.61. The summed E-state index contributed by atoms with van der Waals surface area (Å²) in [4.78, 5) is 28.4. The van der Waals surface area contributed by atoms with Crippen molar-refractivity contribution in [3.8, 4) is 0 Å². The van der Waals surface area contributed by atoms with E-state index in [9.17, 15) is 22.8 Å². The van der Waals surface area contributed by atoms with Gasteiger partial charge in [-0.1, -0.05) is 35.9 Å². The summed E-state index contributed by atoms with van der Waals surface area (Å²) in [6.45, 7) is 1.05. The van der Waals surface area contributed by atoms with Gasteiger partial charge in [-0.15, -0.1) is 0 Å². The lowest BCUT2D eigenvalue weighted by Crippen LogP contribution is -2.38. The third kappa shape index (κ3) is 4.30. The highest BCUT2D eigenvalue weighted by Crippen LogP contribution is 2.32. The van der Waals surface area contributed by atoms with Crippen LogP contribution in [-0.2, 0) is 6.18 Å². The van der Waals surface area contributed by atoms with Crippen LogP contribution in [0.25, 0.3) is 0 Å². The predicted octanol–water partition coefficient (Wildman–Crippen LogP) is 4.35. The van der Waals surface area contributed by atoms with E-state index in [0.717, 1.165) is 6.07 Å². The molecule has 2 aromatic carbocycles. The first kappa shape index (κ1) is 20.2. The van der Waals surface area contributed by atoms with Crippen molar-refractivity contribution in [3.05, 3.63) is 70.2 Å². The lowest BCUT2D eigenvalue weighted by atomic mass is 10.1. The highest BCUT2D eigenvalue weighted by atomic mass is 35.5. The van der Waals surface area contributed by atoms with Crippen molar-refractivity contribution in [3.63, 3.8) is 0 Å². The van der Waals surface area contributed by atoms with Gasteiger partial charge in [0.05, 0.1) is 21.7 Å². The number of alkyl halides is 3. The molecule has 0 unspecified atom stereocenters. The maximum atomic E-state index is 13.2. The Balaban J connectivity index is 1.75. The van der Waals surface area contributed by atoms with Gasteiger partial charge in [-0.25, -0.2) is 0 Å². The van der Waals surface area contributed by atoms with Crippen LogP contribution < -0.4 is 0 Å². The van der Waals surface area contributed by atoms with Gasteiger partial charge in [-0.3, -0.25) is 9.59 Å². The fourth-order valence-electron chi connectivity index (χ4n) is 3.22. The second-order valence-corrected chi connectivity index (χ2v) is 6.87. The van der Waals surface area contributed by atoms with Crippen molar-refractivity contribution in [2.75, 3.05) is 26.2 Å². The van der Waals surface area contributed by atoms with E-state index in [1.165, 1.54) is 23.1 Å². The van der Waals surface area contributed by atoms with Gasteiger partial charge in [0.15, 0.2) is 0 Å². The van der Waals surface area contributed by atoms with Gasteiger partial charge in [0.1, 0.15) is 0 Å². The van der Waals surface area contributed by atoms with E-state index in [4.69, 9.17) is 11.6 Å². The molecule has 28 heavy (non-hydrogen) atoms. The van der Waals surface area contributed by atoms with Crippen LogP contribution in [0.3, 0.4) is 0 Å². The molecule has 1 heterocycles. The smallest absolute Gasteiger partial charge is 0.337 e. The van der Waals surface area contributed by atoms with Crippen molar-refractivity contribution < 1.29 is 22.8 Å². The Morgan fingerprint density at radius 2 is 1.29 bits per heavy atom. The molecule has 1 aliphatic heterocycles. The average Bonchev–Trinajstić information content (AvgIpc) is 2.93. The first-order chi connectivity index (χ1) is 13.3. The molecule has 1 saturated heterocycles. The summed E-state index contributed by atoms with van der Waals surface area (Å²) >= 11 is 6.08. The van der Waals surface area contributed by atoms with E-state index >= 15 is 0 Å². The highest BCUT2D eigenvalue weighted by Gasteiger charge is 2.36. The maximum absolute atomic E-state index is 13.2. The fraction of sp³-hybridized carbons (Fsp3) is 0.300. The number of benzene rings is 2. The minimum Gasteiger partial charge on any atom is -0.337 e. The third-order valence-electron chi connectivity index (χ3n) is 4.64. The van der Waals surface area contributed by atoms with Crippen LogP contribution >= 0.6 is 11.6 Å². The van der Waals surface area contributed by atoms with Crippen molar-refractivity contribution in [1.82, 2.24) is 9.80 Å². The second kappa shape index (κ2) is 8.22. The molecule has 0 bridgehead atoms. The Labute approximate surface area is 165 Å². The zero-order valence-corrected chi connectivity index (χ0v) is 15.6. The van der Waals surface area contributed by atoms with E-state index < -0.39 is 17.6 Å². The number of nitrogens with zero attached hydrogens (tertiary/aromatic N) is 2. The molecule has 1 aliphatic rings.